The summed E-state index contributed by atoms with van der Waals surface area (Å²) in [6, 6.07) is -0.879. The Kier molecular flexibility index (Phi) is 48.8. The summed E-state index contributed by atoms with van der Waals surface area (Å²) in [6.07, 6.45) is 31.3. The van der Waals surface area contributed by atoms with Crippen LogP contribution in [0.5, 0.6) is 0 Å². The lowest BCUT2D eigenvalue weighted by molar-refractivity contribution is -0.379. The summed E-state index contributed by atoms with van der Waals surface area (Å²) >= 11 is 0. The van der Waals surface area contributed by atoms with Crippen LogP contribution in [0.1, 0.15) is 309 Å². The number of carbonyl (C=O) groups is 1. The van der Waals surface area contributed by atoms with Crippen LogP contribution in [-0.2, 0) is 33.2 Å². The van der Waals surface area contributed by atoms with Gasteiger partial charge < -0.3 is 89.9 Å². The van der Waals surface area contributed by atoms with Crippen LogP contribution in [0.2, 0.25) is 0 Å². The molecule has 12 N–H and O–H groups in total. The first-order valence-electron chi connectivity index (χ1n) is 36.8. The van der Waals surface area contributed by atoms with Crippen molar-refractivity contribution in [2.24, 2.45) is 0 Å². The molecule has 0 bridgehead atoms. The molecule has 19 heteroatoms. The van der Waals surface area contributed by atoms with Gasteiger partial charge >= 0.3 is 0 Å². The predicted molar refractivity (Wildman–Crippen MR) is 347 cm³/mol. The average Bonchev–Trinajstić information content (AvgIpc) is 2.52. The highest BCUT2D eigenvalue weighted by Gasteiger charge is 2.53. The highest BCUT2D eigenvalue weighted by molar-refractivity contribution is 5.76. The molecule has 0 spiro atoms. The molecule has 1 amide bonds. The van der Waals surface area contributed by atoms with Crippen LogP contribution < -0.4 is 5.32 Å². The lowest BCUT2D eigenvalue weighted by Gasteiger charge is -2.48. The number of aliphatic hydroxyl groups excluding tert-OH is 11. The van der Waals surface area contributed by atoms with E-state index >= 15 is 0 Å². The van der Waals surface area contributed by atoms with E-state index in [9.17, 15) is 61.0 Å². The highest BCUT2D eigenvalue weighted by atomic mass is 16.8. The molecule has 3 saturated heterocycles. The van der Waals surface area contributed by atoms with Gasteiger partial charge in [0.05, 0.1) is 38.6 Å². The van der Waals surface area contributed by atoms with Crippen LogP contribution in [0, 0.1) is 0 Å². The second-order valence-electron chi connectivity index (χ2n) is 26.8. The van der Waals surface area contributed by atoms with Crippen LogP contribution in [0.15, 0.2) is 0 Å². The molecule has 89 heavy (non-hydrogen) atoms. The molecule has 0 aromatic heterocycles. The van der Waals surface area contributed by atoms with Crippen molar-refractivity contribution in [1.29, 1.82) is 0 Å². The van der Waals surface area contributed by atoms with E-state index in [1.165, 1.54) is 231 Å². The monoisotopic (exact) mass is 1280 g/mol. The Bertz CT molecular complexity index is 1620. The fourth-order valence-electron chi connectivity index (χ4n) is 13.0. The Balaban J connectivity index is 1.26. The number of hydrogen-bond donors (Lipinski definition) is 12. The number of nitrogens with one attached hydrogen (secondary N) is 1. The Hall–Kier alpha value is -1.21. The van der Waals surface area contributed by atoms with Crippen LogP contribution in [0.25, 0.3) is 0 Å². The zero-order valence-corrected chi connectivity index (χ0v) is 55.9. The summed E-state index contributed by atoms with van der Waals surface area (Å²) in [5, 5.41) is 120. The Morgan fingerprint density at radius 1 is 0.360 bits per heavy atom. The Labute approximate surface area is 538 Å². The van der Waals surface area contributed by atoms with Crippen molar-refractivity contribution in [3.8, 4) is 0 Å². The number of rotatable bonds is 58. The molecule has 3 fully saturated rings. The summed E-state index contributed by atoms with van der Waals surface area (Å²) in [5.74, 6) is -0.239. The third-order valence-corrected chi connectivity index (χ3v) is 18.9. The molecule has 0 saturated carbocycles. The van der Waals surface area contributed by atoms with Gasteiger partial charge in [-0.1, -0.05) is 290 Å². The molecule has 3 aliphatic heterocycles. The Morgan fingerprint density at radius 2 is 0.640 bits per heavy atom. The molecule has 3 aliphatic rings. The van der Waals surface area contributed by atoms with Gasteiger partial charge in [0.25, 0.3) is 0 Å². The molecular formula is C70H135NO18. The van der Waals surface area contributed by atoms with Crippen molar-refractivity contribution in [2.75, 3.05) is 26.4 Å². The maximum Gasteiger partial charge on any atom is 0.220 e. The molecule has 19 nitrogen and oxygen atoms in total. The van der Waals surface area contributed by atoms with E-state index in [0.29, 0.717) is 12.8 Å². The van der Waals surface area contributed by atoms with E-state index in [0.717, 1.165) is 44.9 Å². The summed E-state index contributed by atoms with van der Waals surface area (Å²) in [7, 11) is 0. The van der Waals surface area contributed by atoms with Crippen LogP contribution in [0.3, 0.4) is 0 Å². The SMILES string of the molecule is CCCCCCCCCCCCCCCCCCCCCCCCCCCCCCCCCCCCCCC(=O)NC(COC1OC(CO)C(OC2OC(CO)C(OC3OC(CO)C(O)C(O)C3O)C(O)C2O)C(O)C1O)C(O)CCCCCCCCCC. The summed E-state index contributed by atoms with van der Waals surface area (Å²) < 4.78 is 34.3. The van der Waals surface area contributed by atoms with Gasteiger partial charge in [-0.05, 0) is 12.8 Å². The minimum atomic E-state index is -1.97. The second kappa shape index (κ2) is 53.0. The standard InChI is InChI=1S/C70H135NO18/c1-3-5-7-9-11-13-14-15-16-17-18-19-20-21-22-23-24-25-26-27-28-29-30-31-32-33-34-35-36-37-38-39-40-42-44-46-48-58(76)71-53(54(75)47-45-43-41-12-10-8-6-4-2)52-84-68-64(82)61(79)66(56(50-73)86-68)89-70-65(83)62(80)67(57(51-74)87-70)88-69-63(81)60(78)59(77)55(49-72)85-69/h53-57,59-70,72-75,77-83H,3-52H2,1-2H3,(H,71,76). The number of ether oxygens (including phenoxy) is 6. The molecule has 3 rings (SSSR count). The molecular weight excluding hydrogens is 1140 g/mol. The van der Waals surface area contributed by atoms with Gasteiger partial charge in [-0.15, -0.1) is 0 Å². The highest BCUT2D eigenvalue weighted by Crippen LogP contribution is 2.33. The van der Waals surface area contributed by atoms with Crippen LogP contribution >= 0.6 is 0 Å². The smallest absolute Gasteiger partial charge is 0.220 e. The molecule has 3 heterocycles. The summed E-state index contributed by atoms with van der Waals surface area (Å²) in [4.78, 5) is 13.4. The number of carbonyl (C=O) groups excluding carboxylic acids is 1. The van der Waals surface area contributed by atoms with Crippen molar-refractivity contribution in [2.45, 2.75) is 413 Å². The third-order valence-electron chi connectivity index (χ3n) is 18.9. The second-order valence-corrected chi connectivity index (χ2v) is 26.8. The van der Waals surface area contributed by atoms with E-state index in [4.69, 9.17) is 28.4 Å². The van der Waals surface area contributed by atoms with Crippen LogP contribution in [0.4, 0.5) is 0 Å². The van der Waals surface area contributed by atoms with Gasteiger partial charge in [0.1, 0.15) is 73.2 Å². The zero-order valence-electron chi connectivity index (χ0n) is 55.9. The maximum absolute atomic E-state index is 13.4. The first kappa shape index (κ1) is 82.0. The topological polar surface area (TPSA) is 307 Å². The van der Waals surface area contributed by atoms with Gasteiger partial charge in [0.2, 0.25) is 5.91 Å². The number of aliphatic hydroxyl groups is 11. The maximum atomic E-state index is 13.4. The molecule has 0 radical (unpaired) electrons. The van der Waals surface area contributed by atoms with Crippen molar-refractivity contribution in [3.05, 3.63) is 0 Å². The van der Waals surface area contributed by atoms with Crippen LogP contribution in [-0.4, -0.2) is 193 Å². The Morgan fingerprint density at radius 3 is 0.978 bits per heavy atom. The fourth-order valence-corrected chi connectivity index (χ4v) is 13.0. The molecule has 0 aliphatic carbocycles. The minimum absolute atomic E-state index is 0.239. The quantitative estimate of drug-likeness (QED) is 0.0252. The van der Waals surface area contributed by atoms with Gasteiger partial charge in [0.15, 0.2) is 18.9 Å². The molecule has 17 unspecified atom stereocenters. The van der Waals surface area contributed by atoms with Gasteiger partial charge in [-0.2, -0.15) is 0 Å². The van der Waals surface area contributed by atoms with E-state index in [1.54, 1.807) is 0 Å². The molecule has 528 valence electrons. The number of unbranched alkanes of at least 4 members (excludes halogenated alkanes) is 42. The lowest BCUT2D eigenvalue weighted by Crippen LogP contribution is -2.66. The predicted octanol–water partition coefficient (Wildman–Crippen LogP) is 10.3. The minimum Gasteiger partial charge on any atom is -0.394 e. The zero-order chi connectivity index (χ0) is 64.7. The van der Waals surface area contributed by atoms with Crippen molar-refractivity contribution < 1.29 is 89.4 Å². The van der Waals surface area contributed by atoms with Crippen molar-refractivity contribution >= 4 is 5.91 Å². The van der Waals surface area contributed by atoms with Gasteiger partial charge in [-0.3, -0.25) is 4.79 Å². The molecule has 0 aromatic carbocycles. The average molecular weight is 1280 g/mol. The summed E-state index contributed by atoms with van der Waals surface area (Å²) in [6.45, 7) is 1.78. The fraction of sp³-hybridized carbons (Fsp3) is 0.986. The molecule has 0 aromatic rings. The third kappa shape index (κ3) is 34.9. The van der Waals surface area contributed by atoms with E-state index in [1.807, 2.05) is 0 Å². The van der Waals surface area contributed by atoms with Gasteiger partial charge in [-0.25, -0.2) is 0 Å². The number of amides is 1. The van der Waals surface area contributed by atoms with Gasteiger partial charge in [0, 0.05) is 6.42 Å². The largest absolute Gasteiger partial charge is 0.394 e. The van der Waals surface area contributed by atoms with E-state index in [-0.39, 0.29) is 18.9 Å². The first-order valence-corrected chi connectivity index (χ1v) is 36.8. The summed E-state index contributed by atoms with van der Waals surface area (Å²) in [5.41, 5.74) is 0. The molecule has 17 atom stereocenters. The van der Waals surface area contributed by atoms with Crippen molar-refractivity contribution in [3.63, 3.8) is 0 Å². The van der Waals surface area contributed by atoms with Crippen molar-refractivity contribution in [1.82, 2.24) is 5.32 Å². The lowest BCUT2D eigenvalue weighted by atomic mass is 9.96. The normalized spacial score (nSPS) is 28.1. The van der Waals surface area contributed by atoms with E-state index in [2.05, 4.69) is 19.2 Å². The van der Waals surface area contributed by atoms with E-state index < -0.39 is 124 Å². The number of hydrogen-bond acceptors (Lipinski definition) is 18. The first-order chi connectivity index (χ1) is 43.3.